The lowest BCUT2D eigenvalue weighted by Gasteiger charge is -2.26. The van der Waals surface area contributed by atoms with E-state index in [2.05, 4.69) is 5.32 Å². The number of hydrogen-bond acceptors (Lipinski definition) is 4. The van der Waals surface area contributed by atoms with Crippen LogP contribution in [0.25, 0.3) is 0 Å². The van der Waals surface area contributed by atoms with Crippen molar-refractivity contribution in [1.29, 1.82) is 0 Å². The number of carbonyl (C=O) groups excluding carboxylic acids is 1. The molecule has 5 nitrogen and oxygen atoms in total. The number of carbonyl (C=O) groups is 1. The third-order valence-corrected chi connectivity index (χ3v) is 4.50. The number of nitrogens with zero attached hydrogens (tertiary/aromatic N) is 1. The third kappa shape index (κ3) is 3.91. The first-order valence-corrected chi connectivity index (χ1v) is 8.15. The first-order chi connectivity index (χ1) is 10.8. The van der Waals surface area contributed by atoms with Crippen LogP contribution in [-0.4, -0.2) is 49.9 Å². The van der Waals surface area contributed by atoms with E-state index < -0.39 is 0 Å². The number of para-hydroxylation sites is 1. The summed E-state index contributed by atoms with van der Waals surface area (Å²) in [5.41, 5.74) is 0. The smallest absolute Gasteiger partial charge is 0.410 e. The van der Waals surface area contributed by atoms with Gasteiger partial charge in [-0.1, -0.05) is 18.2 Å². The minimum atomic E-state index is -0.199. The van der Waals surface area contributed by atoms with E-state index in [9.17, 15) is 4.79 Å². The van der Waals surface area contributed by atoms with Gasteiger partial charge in [0, 0.05) is 6.54 Å². The summed E-state index contributed by atoms with van der Waals surface area (Å²) in [5.74, 6) is 1.55. The maximum Gasteiger partial charge on any atom is 0.410 e. The van der Waals surface area contributed by atoms with E-state index in [4.69, 9.17) is 9.47 Å². The Morgan fingerprint density at radius 2 is 2.00 bits per heavy atom. The number of amides is 1. The highest BCUT2D eigenvalue weighted by molar-refractivity contribution is 5.70. The van der Waals surface area contributed by atoms with Crippen molar-refractivity contribution in [3.8, 4) is 5.75 Å². The maximum absolute atomic E-state index is 11.9. The van der Waals surface area contributed by atoms with Crippen molar-refractivity contribution in [2.75, 3.05) is 32.8 Å². The lowest BCUT2D eigenvalue weighted by molar-refractivity contribution is 0.151. The molecular weight excluding hydrogens is 280 g/mol. The van der Waals surface area contributed by atoms with Crippen molar-refractivity contribution < 1.29 is 14.3 Å². The third-order valence-electron chi connectivity index (χ3n) is 4.50. The van der Waals surface area contributed by atoms with Gasteiger partial charge in [-0.05, 0) is 50.4 Å². The van der Waals surface area contributed by atoms with Gasteiger partial charge in [-0.2, -0.15) is 0 Å². The molecule has 1 aromatic carbocycles. The minimum absolute atomic E-state index is 0.0226. The summed E-state index contributed by atoms with van der Waals surface area (Å²) in [7, 11) is 0. The molecule has 2 heterocycles. The Hall–Kier alpha value is -1.75. The second-order valence-electron chi connectivity index (χ2n) is 6.03. The Balaban J connectivity index is 1.48. The molecule has 0 radical (unpaired) electrons. The molecule has 0 saturated carbocycles. The fraction of sp³-hybridized carbons (Fsp3) is 0.588. The monoisotopic (exact) mass is 304 g/mol. The quantitative estimate of drug-likeness (QED) is 0.876. The van der Waals surface area contributed by atoms with Crippen LogP contribution in [0.5, 0.6) is 5.75 Å². The summed E-state index contributed by atoms with van der Waals surface area (Å²) in [6, 6.07) is 9.73. The topological polar surface area (TPSA) is 50.8 Å². The molecule has 1 atom stereocenters. The van der Waals surface area contributed by atoms with Crippen molar-refractivity contribution in [1.82, 2.24) is 10.2 Å². The van der Waals surface area contributed by atoms with Gasteiger partial charge in [0.25, 0.3) is 0 Å². The van der Waals surface area contributed by atoms with Gasteiger partial charge in [0.15, 0.2) is 0 Å². The summed E-state index contributed by atoms with van der Waals surface area (Å²) in [5, 5.41) is 3.37. The van der Waals surface area contributed by atoms with Gasteiger partial charge < -0.3 is 14.8 Å². The normalized spacial score (nSPS) is 22.6. The predicted molar refractivity (Wildman–Crippen MR) is 84.0 cm³/mol. The molecular formula is C17H24N2O3. The molecule has 2 fully saturated rings. The van der Waals surface area contributed by atoms with E-state index >= 15 is 0 Å². The molecule has 120 valence electrons. The highest BCUT2D eigenvalue weighted by Gasteiger charge is 2.33. The highest BCUT2D eigenvalue weighted by Crippen LogP contribution is 2.20. The van der Waals surface area contributed by atoms with E-state index in [1.807, 2.05) is 35.2 Å². The molecule has 0 spiro atoms. The van der Waals surface area contributed by atoms with Crippen molar-refractivity contribution in [2.45, 2.75) is 25.3 Å². The van der Waals surface area contributed by atoms with Crippen LogP contribution in [0, 0.1) is 5.92 Å². The Labute approximate surface area is 131 Å². The molecule has 1 N–H and O–H groups in total. The zero-order valence-corrected chi connectivity index (χ0v) is 12.9. The van der Waals surface area contributed by atoms with Crippen LogP contribution in [0.4, 0.5) is 4.79 Å². The second kappa shape index (κ2) is 7.49. The first kappa shape index (κ1) is 15.2. The van der Waals surface area contributed by atoms with E-state index in [-0.39, 0.29) is 12.1 Å². The van der Waals surface area contributed by atoms with Crippen LogP contribution in [-0.2, 0) is 4.74 Å². The number of benzene rings is 1. The van der Waals surface area contributed by atoms with Gasteiger partial charge in [0.05, 0.1) is 0 Å². The minimum Gasteiger partial charge on any atom is -0.491 e. The van der Waals surface area contributed by atoms with Gasteiger partial charge in [0.2, 0.25) is 0 Å². The summed E-state index contributed by atoms with van der Waals surface area (Å²) in [6.45, 7) is 3.87. The van der Waals surface area contributed by atoms with Crippen LogP contribution in [0.1, 0.15) is 19.3 Å². The number of rotatable bonds is 6. The second-order valence-corrected chi connectivity index (χ2v) is 6.03. The van der Waals surface area contributed by atoms with Crippen LogP contribution < -0.4 is 10.1 Å². The van der Waals surface area contributed by atoms with Crippen molar-refractivity contribution in [3.05, 3.63) is 30.3 Å². The summed E-state index contributed by atoms with van der Waals surface area (Å²) >= 11 is 0. The Bertz CT molecular complexity index is 474. The van der Waals surface area contributed by atoms with Crippen molar-refractivity contribution in [2.24, 2.45) is 5.92 Å². The number of hydrogen-bond donors (Lipinski definition) is 1. The highest BCUT2D eigenvalue weighted by atomic mass is 16.6. The molecule has 0 aromatic heterocycles. The zero-order chi connectivity index (χ0) is 15.2. The molecule has 0 bridgehead atoms. The van der Waals surface area contributed by atoms with E-state index in [0.29, 0.717) is 19.1 Å². The average Bonchev–Trinajstić information content (AvgIpc) is 2.93. The van der Waals surface area contributed by atoms with Gasteiger partial charge >= 0.3 is 6.09 Å². The summed E-state index contributed by atoms with van der Waals surface area (Å²) in [4.78, 5) is 13.7. The standard InChI is InChI=1S/C17H24N2O3/c20-17-19(11-8-14-6-9-18-10-7-14)15(13-22-17)12-21-16-4-2-1-3-5-16/h1-5,14-15,18H,6-13H2/t15-/m0/s1. The molecule has 2 saturated heterocycles. The first-order valence-electron chi connectivity index (χ1n) is 8.15. The van der Waals surface area contributed by atoms with Crippen molar-refractivity contribution >= 4 is 6.09 Å². The number of piperidine rings is 1. The van der Waals surface area contributed by atoms with Gasteiger partial charge in [-0.25, -0.2) is 4.79 Å². The lowest BCUT2D eigenvalue weighted by atomic mass is 9.94. The van der Waals surface area contributed by atoms with E-state index in [1.54, 1.807) is 0 Å². The Kier molecular flexibility index (Phi) is 5.16. The Morgan fingerprint density at radius 1 is 1.23 bits per heavy atom. The van der Waals surface area contributed by atoms with Gasteiger partial charge in [-0.3, -0.25) is 4.90 Å². The number of cyclic esters (lactones) is 1. The number of nitrogens with one attached hydrogen (secondary N) is 1. The largest absolute Gasteiger partial charge is 0.491 e. The molecule has 5 heteroatoms. The molecule has 2 aliphatic heterocycles. The van der Waals surface area contributed by atoms with Gasteiger partial charge in [0.1, 0.15) is 25.0 Å². The average molecular weight is 304 g/mol. The predicted octanol–water partition coefficient (Wildman–Crippen LogP) is 2.28. The van der Waals surface area contributed by atoms with E-state index in [1.165, 1.54) is 12.8 Å². The SMILES string of the molecule is O=C1OC[C@H](COc2ccccc2)N1CCC1CCNCC1. The summed E-state index contributed by atoms with van der Waals surface area (Å²) in [6.07, 6.45) is 3.26. The van der Waals surface area contributed by atoms with Gasteiger partial charge in [-0.15, -0.1) is 0 Å². The van der Waals surface area contributed by atoms with Crippen LogP contribution in [0.15, 0.2) is 30.3 Å². The van der Waals surface area contributed by atoms with Crippen LogP contribution in [0.2, 0.25) is 0 Å². The van der Waals surface area contributed by atoms with Crippen LogP contribution >= 0.6 is 0 Å². The molecule has 1 amide bonds. The molecule has 0 aliphatic carbocycles. The fourth-order valence-corrected chi connectivity index (χ4v) is 3.10. The summed E-state index contributed by atoms with van der Waals surface area (Å²) < 4.78 is 11.0. The molecule has 0 unspecified atom stereocenters. The molecule has 1 aromatic rings. The molecule has 3 rings (SSSR count). The van der Waals surface area contributed by atoms with Crippen LogP contribution in [0.3, 0.4) is 0 Å². The Morgan fingerprint density at radius 3 is 2.77 bits per heavy atom. The molecule has 2 aliphatic rings. The fourth-order valence-electron chi connectivity index (χ4n) is 3.10. The molecule has 22 heavy (non-hydrogen) atoms. The zero-order valence-electron chi connectivity index (χ0n) is 12.9. The number of ether oxygens (including phenoxy) is 2. The van der Waals surface area contributed by atoms with Crippen molar-refractivity contribution in [3.63, 3.8) is 0 Å². The maximum atomic E-state index is 11.9. The lowest BCUT2D eigenvalue weighted by Crippen LogP contribution is -2.39. The van der Waals surface area contributed by atoms with E-state index in [0.717, 1.165) is 31.8 Å².